The maximum absolute atomic E-state index is 5.41. The lowest BCUT2D eigenvalue weighted by Crippen LogP contribution is -2.20. The third-order valence-corrected chi connectivity index (χ3v) is 3.92. The highest BCUT2D eigenvalue weighted by Crippen LogP contribution is 2.27. The third kappa shape index (κ3) is 3.54. The molecule has 1 N–H and O–H groups in total. The number of aryl methyl sites for hydroxylation is 1. The molecule has 0 spiro atoms. The molecule has 0 unspecified atom stereocenters. The summed E-state index contributed by atoms with van der Waals surface area (Å²) < 4.78 is 8.64. The van der Waals surface area contributed by atoms with Crippen molar-refractivity contribution in [1.29, 1.82) is 0 Å². The monoisotopic (exact) mass is 376 g/mol. The SMILES string of the molecule is Br.COc1ccccc1C1=NC(c2ccc(C)cc2)=CSN1. The van der Waals surface area contributed by atoms with Crippen LogP contribution in [0.3, 0.4) is 0 Å². The number of halogens is 1. The van der Waals surface area contributed by atoms with Gasteiger partial charge in [-0.25, -0.2) is 4.99 Å². The van der Waals surface area contributed by atoms with Gasteiger partial charge in [0.1, 0.15) is 11.6 Å². The molecule has 0 radical (unpaired) electrons. The summed E-state index contributed by atoms with van der Waals surface area (Å²) >= 11 is 1.53. The van der Waals surface area contributed by atoms with E-state index >= 15 is 0 Å². The summed E-state index contributed by atoms with van der Waals surface area (Å²) in [6.45, 7) is 2.08. The lowest BCUT2D eigenvalue weighted by molar-refractivity contribution is 0.414. The second kappa shape index (κ2) is 7.51. The van der Waals surface area contributed by atoms with E-state index in [1.54, 1.807) is 7.11 Å². The van der Waals surface area contributed by atoms with Crippen molar-refractivity contribution in [2.45, 2.75) is 6.92 Å². The number of rotatable bonds is 3. The van der Waals surface area contributed by atoms with Crippen LogP contribution in [0.1, 0.15) is 16.7 Å². The van der Waals surface area contributed by atoms with Gasteiger partial charge in [0.2, 0.25) is 0 Å². The van der Waals surface area contributed by atoms with Gasteiger partial charge >= 0.3 is 0 Å². The van der Waals surface area contributed by atoms with Gasteiger partial charge < -0.3 is 9.46 Å². The number of amidine groups is 1. The molecule has 114 valence electrons. The van der Waals surface area contributed by atoms with E-state index in [9.17, 15) is 0 Å². The predicted molar refractivity (Wildman–Crippen MR) is 99.7 cm³/mol. The van der Waals surface area contributed by atoms with Gasteiger partial charge in [-0.1, -0.05) is 42.0 Å². The quantitative estimate of drug-likeness (QED) is 0.795. The Hall–Kier alpha value is -1.72. The van der Waals surface area contributed by atoms with Crippen LogP contribution in [0.2, 0.25) is 0 Å². The van der Waals surface area contributed by atoms with Gasteiger partial charge in [-0.15, -0.1) is 17.0 Å². The van der Waals surface area contributed by atoms with E-state index in [-0.39, 0.29) is 17.0 Å². The van der Waals surface area contributed by atoms with Crippen molar-refractivity contribution in [1.82, 2.24) is 4.72 Å². The topological polar surface area (TPSA) is 33.6 Å². The molecule has 2 aromatic carbocycles. The zero-order valence-electron chi connectivity index (χ0n) is 12.4. The fraction of sp³-hybridized carbons (Fsp3) is 0.118. The Morgan fingerprint density at radius 1 is 1.05 bits per heavy atom. The maximum Gasteiger partial charge on any atom is 0.147 e. The Bertz CT molecular complexity index is 711. The number of benzene rings is 2. The molecule has 5 heteroatoms. The molecule has 0 saturated heterocycles. The van der Waals surface area contributed by atoms with Gasteiger partial charge in [0.15, 0.2) is 0 Å². The van der Waals surface area contributed by atoms with Crippen molar-refractivity contribution in [3.63, 3.8) is 0 Å². The summed E-state index contributed by atoms with van der Waals surface area (Å²) in [6, 6.07) is 16.3. The molecular formula is C17H17BrN2OS. The summed E-state index contributed by atoms with van der Waals surface area (Å²) in [5.74, 6) is 1.63. The molecule has 0 fully saturated rings. The van der Waals surface area contributed by atoms with E-state index in [2.05, 4.69) is 35.9 Å². The highest BCUT2D eigenvalue weighted by atomic mass is 79.9. The van der Waals surface area contributed by atoms with Crippen molar-refractivity contribution >= 4 is 40.5 Å². The van der Waals surface area contributed by atoms with Gasteiger partial charge in [-0.05, 0) is 31.0 Å². The van der Waals surface area contributed by atoms with Gasteiger partial charge in [-0.3, -0.25) is 0 Å². The normalized spacial score (nSPS) is 13.4. The Morgan fingerprint density at radius 3 is 2.50 bits per heavy atom. The van der Waals surface area contributed by atoms with Gasteiger partial charge in [0.05, 0.1) is 18.4 Å². The summed E-state index contributed by atoms with van der Waals surface area (Å²) in [7, 11) is 1.67. The smallest absolute Gasteiger partial charge is 0.147 e. The minimum atomic E-state index is 0. The zero-order valence-corrected chi connectivity index (χ0v) is 14.9. The average Bonchev–Trinajstić information content (AvgIpc) is 2.55. The molecule has 3 nitrogen and oxygen atoms in total. The number of para-hydroxylation sites is 1. The molecule has 2 aromatic rings. The summed E-state index contributed by atoms with van der Waals surface area (Å²) in [5, 5.41) is 2.02. The van der Waals surface area contributed by atoms with Crippen molar-refractivity contribution in [3.05, 3.63) is 70.6 Å². The van der Waals surface area contributed by atoms with Gasteiger partial charge in [0, 0.05) is 11.0 Å². The van der Waals surface area contributed by atoms with Crippen LogP contribution >= 0.6 is 28.9 Å². The number of methoxy groups -OCH3 is 1. The molecule has 0 amide bonds. The Morgan fingerprint density at radius 2 is 1.77 bits per heavy atom. The van der Waals surface area contributed by atoms with Gasteiger partial charge in [0.25, 0.3) is 0 Å². The van der Waals surface area contributed by atoms with Crippen LogP contribution < -0.4 is 9.46 Å². The van der Waals surface area contributed by atoms with Crippen LogP contribution in [0.4, 0.5) is 0 Å². The Kier molecular flexibility index (Phi) is 5.69. The molecule has 1 aliphatic heterocycles. The number of nitrogens with zero attached hydrogens (tertiary/aromatic N) is 1. The van der Waals surface area contributed by atoms with Crippen molar-refractivity contribution in [2.24, 2.45) is 4.99 Å². The lowest BCUT2D eigenvalue weighted by Gasteiger charge is -2.16. The van der Waals surface area contributed by atoms with E-state index in [0.717, 1.165) is 28.4 Å². The number of hydrogen-bond acceptors (Lipinski definition) is 4. The summed E-state index contributed by atoms with van der Waals surface area (Å²) in [4.78, 5) is 4.73. The molecule has 1 aliphatic rings. The van der Waals surface area contributed by atoms with Crippen LogP contribution in [0.5, 0.6) is 5.75 Å². The van der Waals surface area contributed by atoms with Crippen molar-refractivity contribution in [2.75, 3.05) is 7.11 Å². The molecule has 1 heterocycles. The highest BCUT2D eigenvalue weighted by Gasteiger charge is 2.14. The highest BCUT2D eigenvalue weighted by molar-refractivity contribution is 8.93. The van der Waals surface area contributed by atoms with Crippen LogP contribution in [-0.2, 0) is 0 Å². The molecule has 0 aliphatic carbocycles. The van der Waals surface area contributed by atoms with E-state index in [0.29, 0.717) is 0 Å². The van der Waals surface area contributed by atoms with E-state index in [4.69, 9.17) is 9.73 Å². The van der Waals surface area contributed by atoms with E-state index in [1.807, 2.05) is 29.7 Å². The summed E-state index contributed by atoms with van der Waals surface area (Å²) in [6.07, 6.45) is 0. The molecule has 0 saturated carbocycles. The Balaban J connectivity index is 0.00000176. The van der Waals surface area contributed by atoms with Crippen LogP contribution in [0.25, 0.3) is 5.70 Å². The lowest BCUT2D eigenvalue weighted by atomic mass is 10.1. The molecule has 0 bridgehead atoms. The van der Waals surface area contributed by atoms with E-state index in [1.165, 1.54) is 17.5 Å². The fourth-order valence-corrected chi connectivity index (χ4v) is 2.75. The minimum Gasteiger partial charge on any atom is -0.496 e. The molecule has 3 rings (SSSR count). The summed E-state index contributed by atoms with van der Waals surface area (Å²) in [5.41, 5.74) is 4.28. The molecule has 22 heavy (non-hydrogen) atoms. The number of hydrogen-bond donors (Lipinski definition) is 1. The van der Waals surface area contributed by atoms with Gasteiger partial charge in [-0.2, -0.15) is 0 Å². The minimum absolute atomic E-state index is 0. The fourth-order valence-electron chi connectivity index (χ4n) is 2.12. The van der Waals surface area contributed by atoms with Crippen LogP contribution in [0, 0.1) is 6.92 Å². The standard InChI is InChI=1S/C17H16N2OS.BrH/c1-12-7-9-13(10-8-12)15-11-21-19-17(18-15)14-5-3-4-6-16(14)20-2;/h3-11H,1-2H3,(H,18,19);1H. The molecular weight excluding hydrogens is 360 g/mol. The third-order valence-electron chi connectivity index (χ3n) is 3.27. The number of nitrogens with one attached hydrogen (secondary N) is 1. The van der Waals surface area contributed by atoms with E-state index < -0.39 is 0 Å². The first-order valence-electron chi connectivity index (χ1n) is 6.69. The first kappa shape index (κ1) is 16.6. The number of aliphatic imine (C=N–C) groups is 1. The first-order chi connectivity index (χ1) is 10.3. The van der Waals surface area contributed by atoms with Crippen LogP contribution in [0.15, 0.2) is 58.9 Å². The maximum atomic E-state index is 5.41. The second-order valence-electron chi connectivity index (χ2n) is 4.75. The number of ether oxygens (including phenoxy) is 1. The molecule has 0 atom stereocenters. The van der Waals surface area contributed by atoms with Crippen LogP contribution in [-0.4, -0.2) is 12.9 Å². The second-order valence-corrected chi connectivity index (χ2v) is 5.43. The Labute approximate surface area is 145 Å². The zero-order chi connectivity index (χ0) is 14.7. The largest absolute Gasteiger partial charge is 0.496 e. The predicted octanol–water partition coefficient (Wildman–Crippen LogP) is 4.58. The van der Waals surface area contributed by atoms with Crippen molar-refractivity contribution < 1.29 is 4.74 Å². The first-order valence-corrected chi connectivity index (χ1v) is 7.57. The average molecular weight is 377 g/mol. The molecule has 0 aromatic heterocycles. The van der Waals surface area contributed by atoms with Crippen molar-refractivity contribution in [3.8, 4) is 5.75 Å².